The highest BCUT2D eigenvalue weighted by molar-refractivity contribution is 5.22. The zero-order chi connectivity index (χ0) is 14.2. The minimum atomic E-state index is 0.553. The molecule has 2 aromatic rings. The number of aromatic nitrogens is 1. The Bertz CT molecular complexity index is 508. The number of hydrogen-bond donors (Lipinski definition) is 1. The van der Waals surface area contributed by atoms with Crippen LogP contribution >= 0.6 is 0 Å². The van der Waals surface area contributed by atoms with E-state index < -0.39 is 0 Å². The van der Waals surface area contributed by atoms with E-state index in [0.717, 1.165) is 19.4 Å². The first-order valence-electron chi connectivity index (χ1n) is 7.42. The SMILES string of the molecule is Cc1cccc(CCC(C)NCCc2ccncc2)c1. The van der Waals surface area contributed by atoms with Crippen molar-refractivity contribution in [3.05, 3.63) is 65.5 Å². The van der Waals surface area contributed by atoms with Crippen LogP contribution in [0.25, 0.3) is 0 Å². The molecule has 1 N–H and O–H groups in total. The van der Waals surface area contributed by atoms with E-state index in [0.29, 0.717) is 6.04 Å². The Labute approximate surface area is 122 Å². The zero-order valence-electron chi connectivity index (χ0n) is 12.5. The molecule has 0 saturated carbocycles. The lowest BCUT2D eigenvalue weighted by atomic mass is 10.0. The van der Waals surface area contributed by atoms with Gasteiger partial charge in [-0.1, -0.05) is 29.8 Å². The average molecular weight is 268 g/mol. The van der Waals surface area contributed by atoms with Crippen molar-refractivity contribution in [1.29, 1.82) is 0 Å². The van der Waals surface area contributed by atoms with Gasteiger partial charge in [0.2, 0.25) is 0 Å². The van der Waals surface area contributed by atoms with Crippen molar-refractivity contribution in [1.82, 2.24) is 10.3 Å². The van der Waals surface area contributed by atoms with Gasteiger partial charge in [-0.3, -0.25) is 4.98 Å². The average Bonchev–Trinajstić information content (AvgIpc) is 2.46. The van der Waals surface area contributed by atoms with E-state index in [1.807, 2.05) is 12.4 Å². The van der Waals surface area contributed by atoms with Gasteiger partial charge in [0.05, 0.1) is 0 Å². The third kappa shape index (κ3) is 5.14. The molecule has 2 rings (SSSR count). The Morgan fingerprint density at radius 1 is 1.05 bits per heavy atom. The Morgan fingerprint density at radius 3 is 2.60 bits per heavy atom. The zero-order valence-corrected chi connectivity index (χ0v) is 12.5. The highest BCUT2D eigenvalue weighted by Gasteiger charge is 2.02. The fourth-order valence-corrected chi connectivity index (χ4v) is 2.37. The molecule has 0 aliphatic rings. The van der Waals surface area contributed by atoms with Gasteiger partial charge in [0, 0.05) is 18.4 Å². The number of pyridine rings is 1. The molecule has 0 spiro atoms. The number of rotatable bonds is 7. The second kappa shape index (κ2) is 7.81. The summed E-state index contributed by atoms with van der Waals surface area (Å²) in [4.78, 5) is 4.04. The summed E-state index contributed by atoms with van der Waals surface area (Å²) < 4.78 is 0. The van der Waals surface area contributed by atoms with Gasteiger partial charge in [-0.15, -0.1) is 0 Å². The third-order valence-electron chi connectivity index (χ3n) is 3.60. The molecule has 0 radical (unpaired) electrons. The topological polar surface area (TPSA) is 24.9 Å². The summed E-state index contributed by atoms with van der Waals surface area (Å²) in [7, 11) is 0. The van der Waals surface area contributed by atoms with Crippen LogP contribution in [0.4, 0.5) is 0 Å². The van der Waals surface area contributed by atoms with Crippen molar-refractivity contribution in [3.8, 4) is 0 Å². The number of nitrogens with zero attached hydrogens (tertiary/aromatic N) is 1. The standard InChI is InChI=1S/C18H24N2/c1-15-4-3-5-18(14-15)7-6-16(2)20-13-10-17-8-11-19-12-9-17/h3-5,8-9,11-12,14,16,20H,6-7,10,13H2,1-2H3. The van der Waals surface area contributed by atoms with Gasteiger partial charge in [-0.05, 0) is 62.9 Å². The van der Waals surface area contributed by atoms with E-state index in [1.54, 1.807) is 0 Å². The van der Waals surface area contributed by atoms with E-state index in [-0.39, 0.29) is 0 Å². The minimum absolute atomic E-state index is 0.553. The number of aryl methyl sites for hydroxylation is 2. The van der Waals surface area contributed by atoms with Crippen LogP contribution in [0, 0.1) is 6.92 Å². The summed E-state index contributed by atoms with van der Waals surface area (Å²) in [6, 6.07) is 13.5. The molecule has 0 fully saturated rings. The molecule has 1 atom stereocenters. The predicted molar refractivity (Wildman–Crippen MR) is 84.9 cm³/mol. The maximum absolute atomic E-state index is 4.04. The van der Waals surface area contributed by atoms with E-state index in [9.17, 15) is 0 Å². The highest BCUT2D eigenvalue weighted by atomic mass is 14.9. The van der Waals surface area contributed by atoms with Crippen LogP contribution in [0.15, 0.2) is 48.8 Å². The van der Waals surface area contributed by atoms with Crippen molar-refractivity contribution in [2.75, 3.05) is 6.54 Å². The van der Waals surface area contributed by atoms with Gasteiger partial charge in [-0.25, -0.2) is 0 Å². The maximum Gasteiger partial charge on any atom is 0.0270 e. The molecule has 1 aromatic carbocycles. The lowest BCUT2D eigenvalue weighted by molar-refractivity contribution is 0.517. The van der Waals surface area contributed by atoms with Gasteiger partial charge in [0.15, 0.2) is 0 Å². The Kier molecular flexibility index (Phi) is 5.75. The van der Waals surface area contributed by atoms with Crippen molar-refractivity contribution in [2.45, 2.75) is 39.2 Å². The number of nitrogens with one attached hydrogen (secondary N) is 1. The van der Waals surface area contributed by atoms with E-state index in [2.05, 4.69) is 60.5 Å². The van der Waals surface area contributed by atoms with Crippen LogP contribution in [-0.4, -0.2) is 17.6 Å². The lowest BCUT2D eigenvalue weighted by Gasteiger charge is -2.14. The monoisotopic (exact) mass is 268 g/mol. The van der Waals surface area contributed by atoms with E-state index >= 15 is 0 Å². The lowest BCUT2D eigenvalue weighted by Crippen LogP contribution is -2.28. The molecule has 0 aliphatic carbocycles. The fourth-order valence-electron chi connectivity index (χ4n) is 2.37. The molecule has 2 heteroatoms. The molecule has 1 aromatic heterocycles. The predicted octanol–water partition coefficient (Wildman–Crippen LogP) is 3.54. The Morgan fingerprint density at radius 2 is 1.85 bits per heavy atom. The quantitative estimate of drug-likeness (QED) is 0.830. The molecular formula is C18H24N2. The normalized spacial score (nSPS) is 12.3. The molecule has 2 nitrogen and oxygen atoms in total. The first kappa shape index (κ1) is 14.7. The highest BCUT2D eigenvalue weighted by Crippen LogP contribution is 2.08. The van der Waals surface area contributed by atoms with Crippen molar-refractivity contribution >= 4 is 0 Å². The van der Waals surface area contributed by atoms with Crippen LogP contribution < -0.4 is 5.32 Å². The summed E-state index contributed by atoms with van der Waals surface area (Å²) in [5.74, 6) is 0. The number of benzene rings is 1. The van der Waals surface area contributed by atoms with Crippen LogP contribution in [0.5, 0.6) is 0 Å². The van der Waals surface area contributed by atoms with Crippen LogP contribution in [0.2, 0.25) is 0 Å². The largest absolute Gasteiger partial charge is 0.314 e. The molecule has 1 heterocycles. The van der Waals surface area contributed by atoms with E-state index in [1.165, 1.54) is 23.1 Å². The van der Waals surface area contributed by atoms with Crippen LogP contribution in [0.3, 0.4) is 0 Å². The Balaban J connectivity index is 1.67. The summed E-state index contributed by atoms with van der Waals surface area (Å²) >= 11 is 0. The molecule has 0 saturated heterocycles. The molecule has 0 amide bonds. The summed E-state index contributed by atoms with van der Waals surface area (Å²) in [6.07, 6.45) is 7.11. The minimum Gasteiger partial charge on any atom is -0.314 e. The maximum atomic E-state index is 4.04. The second-order valence-corrected chi connectivity index (χ2v) is 5.49. The van der Waals surface area contributed by atoms with Crippen LogP contribution in [-0.2, 0) is 12.8 Å². The van der Waals surface area contributed by atoms with E-state index in [4.69, 9.17) is 0 Å². The molecule has 1 unspecified atom stereocenters. The molecule has 20 heavy (non-hydrogen) atoms. The summed E-state index contributed by atoms with van der Waals surface area (Å²) in [6.45, 7) is 5.45. The van der Waals surface area contributed by atoms with Gasteiger partial charge in [0.1, 0.15) is 0 Å². The van der Waals surface area contributed by atoms with Crippen molar-refractivity contribution in [3.63, 3.8) is 0 Å². The smallest absolute Gasteiger partial charge is 0.0270 e. The summed E-state index contributed by atoms with van der Waals surface area (Å²) in [5, 5.41) is 3.60. The van der Waals surface area contributed by atoms with Crippen molar-refractivity contribution < 1.29 is 0 Å². The van der Waals surface area contributed by atoms with Gasteiger partial charge in [0.25, 0.3) is 0 Å². The molecule has 106 valence electrons. The fraction of sp³-hybridized carbons (Fsp3) is 0.389. The van der Waals surface area contributed by atoms with Crippen LogP contribution in [0.1, 0.15) is 30.0 Å². The Hall–Kier alpha value is -1.67. The first-order valence-corrected chi connectivity index (χ1v) is 7.42. The molecule has 0 aliphatic heterocycles. The van der Waals surface area contributed by atoms with Gasteiger partial charge in [-0.2, -0.15) is 0 Å². The van der Waals surface area contributed by atoms with Crippen molar-refractivity contribution in [2.24, 2.45) is 0 Å². The first-order chi connectivity index (χ1) is 9.74. The molecule has 0 bridgehead atoms. The van der Waals surface area contributed by atoms with Gasteiger partial charge < -0.3 is 5.32 Å². The number of hydrogen-bond acceptors (Lipinski definition) is 2. The van der Waals surface area contributed by atoms with Gasteiger partial charge >= 0.3 is 0 Å². The summed E-state index contributed by atoms with van der Waals surface area (Å²) in [5.41, 5.74) is 4.13. The second-order valence-electron chi connectivity index (χ2n) is 5.49. The third-order valence-corrected chi connectivity index (χ3v) is 3.60. The molecular weight excluding hydrogens is 244 g/mol.